The Hall–Kier alpha value is -2.87. The van der Waals surface area contributed by atoms with Crippen LogP contribution in [0.3, 0.4) is 0 Å². The van der Waals surface area contributed by atoms with Gasteiger partial charge in [-0.3, -0.25) is 14.6 Å². The SMILES string of the molecule is Cc1nc(-c2cccnc2)[nH]c(=O)c1CC(=O)NCc1cc(F)cc(Br)c1. The van der Waals surface area contributed by atoms with E-state index in [9.17, 15) is 14.0 Å². The van der Waals surface area contributed by atoms with Gasteiger partial charge >= 0.3 is 0 Å². The van der Waals surface area contributed by atoms with E-state index in [0.717, 1.165) is 0 Å². The molecule has 0 fully saturated rings. The summed E-state index contributed by atoms with van der Waals surface area (Å²) in [5, 5.41) is 2.69. The zero-order chi connectivity index (χ0) is 19.4. The molecule has 0 spiro atoms. The highest BCUT2D eigenvalue weighted by Crippen LogP contribution is 2.15. The number of aromatic amines is 1. The van der Waals surface area contributed by atoms with Crippen LogP contribution in [0.15, 0.2) is 52.0 Å². The standard InChI is InChI=1S/C19H16BrFN4O2/c1-11-16(19(27)25-18(24-11)13-3-2-4-22-10-13)8-17(26)23-9-12-5-14(20)7-15(21)6-12/h2-7,10H,8-9H2,1H3,(H,23,26)(H,24,25,27). The molecule has 27 heavy (non-hydrogen) atoms. The number of carbonyl (C=O) groups excluding carboxylic acids is 1. The summed E-state index contributed by atoms with van der Waals surface area (Å²) in [4.78, 5) is 35.6. The fourth-order valence-electron chi connectivity index (χ4n) is 2.59. The zero-order valence-electron chi connectivity index (χ0n) is 14.4. The maximum absolute atomic E-state index is 13.4. The number of H-pyrrole nitrogens is 1. The molecular weight excluding hydrogens is 415 g/mol. The molecule has 2 heterocycles. The quantitative estimate of drug-likeness (QED) is 0.651. The largest absolute Gasteiger partial charge is 0.352 e. The Morgan fingerprint density at radius 3 is 2.81 bits per heavy atom. The lowest BCUT2D eigenvalue weighted by molar-refractivity contribution is -0.120. The van der Waals surface area contributed by atoms with Crippen molar-refractivity contribution in [2.45, 2.75) is 19.9 Å². The Kier molecular flexibility index (Phi) is 5.75. The lowest BCUT2D eigenvalue weighted by atomic mass is 10.1. The molecule has 0 aliphatic rings. The lowest BCUT2D eigenvalue weighted by Crippen LogP contribution is -2.29. The number of nitrogens with zero attached hydrogens (tertiary/aromatic N) is 2. The van der Waals surface area contributed by atoms with Crippen LogP contribution in [0.4, 0.5) is 4.39 Å². The van der Waals surface area contributed by atoms with Crippen LogP contribution < -0.4 is 10.9 Å². The van der Waals surface area contributed by atoms with E-state index < -0.39 is 5.82 Å². The third-order valence-electron chi connectivity index (χ3n) is 3.91. The number of benzene rings is 1. The Bertz CT molecular complexity index is 1020. The molecule has 0 radical (unpaired) electrons. The van der Waals surface area contributed by atoms with E-state index in [0.29, 0.717) is 32.7 Å². The first-order valence-electron chi connectivity index (χ1n) is 8.14. The molecule has 0 aliphatic carbocycles. The predicted octanol–water partition coefficient (Wildman–Crippen LogP) is 2.90. The minimum Gasteiger partial charge on any atom is -0.352 e. The molecule has 2 aromatic heterocycles. The second-order valence-corrected chi connectivity index (χ2v) is 6.87. The highest BCUT2D eigenvalue weighted by molar-refractivity contribution is 9.10. The van der Waals surface area contributed by atoms with Gasteiger partial charge in [-0.15, -0.1) is 0 Å². The molecule has 0 unspecified atom stereocenters. The molecule has 0 bridgehead atoms. The van der Waals surface area contributed by atoms with E-state index in [4.69, 9.17) is 0 Å². The molecule has 0 saturated carbocycles. The van der Waals surface area contributed by atoms with E-state index in [-0.39, 0.29) is 24.4 Å². The van der Waals surface area contributed by atoms with Crippen molar-refractivity contribution < 1.29 is 9.18 Å². The van der Waals surface area contributed by atoms with Crippen LogP contribution in [-0.2, 0) is 17.8 Å². The molecule has 3 aromatic rings. The van der Waals surface area contributed by atoms with Gasteiger partial charge in [-0.25, -0.2) is 9.37 Å². The zero-order valence-corrected chi connectivity index (χ0v) is 16.0. The van der Waals surface area contributed by atoms with Gasteiger partial charge in [0.1, 0.15) is 11.6 Å². The summed E-state index contributed by atoms with van der Waals surface area (Å²) < 4.78 is 14.0. The Morgan fingerprint density at radius 2 is 2.15 bits per heavy atom. The Labute approximate surface area is 163 Å². The minimum atomic E-state index is -0.392. The number of rotatable bonds is 5. The maximum Gasteiger partial charge on any atom is 0.255 e. The number of hydrogen-bond acceptors (Lipinski definition) is 4. The van der Waals surface area contributed by atoms with Gasteiger partial charge in [-0.1, -0.05) is 15.9 Å². The van der Waals surface area contributed by atoms with Gasteiger partial charge in [0.25, 0.3) is 5.56 Å². The molecule has 8 heteroatoms. The van der Waals surface area contributed by atoms with Crippen LogP contribution in [0.1, 0.15) is 16.8 Å². The van der Waals surface area contributed by atoms with Gasteiger partial charge in [0.15, 0.2) is 0 Å². The molecular formula is C19H16BrFN4O2. The van der Waals surface area contributed by atoms with Gasteiger partial charge in [0.05, 0.1) is 6.42 Å². The number of pyridine rings is 1. The summed E-state index contributed by atoms with van der Waals surface area (Å²) in [6, 6.07) is 7.92. The third-order valence-corrected chi connectivity index (χ3v) is 4.36. The normalized spacial score (nSPS) is 10.6. The number of aryl methyl sites for hydroxylation is 1. The van der Waals surface area contributed by atoms with Crippen molar-refractivity contribution in [1.82, 2.24) is 20.3 Å². The fourth-order valence-corrected chi connectivity index (χ4v) is 3.11. The summed E-state index contributed by atoms with van der Waals surface area (Å²) in [6.07, 6.45) is 3.11. The van der Waals surface area contributed by atoms with Crippen LogP contribution in [0.2, 0.25) is 0 Å². The number of carbonyl (C=O) groups is 1. The summed E-state index contributed by atoms with van der Waals surface area (Å²) in [7, 11) is 0. The van der Waals surface area contributed by atoms with Crippen LogP contribution in [0.25, 0.3) is 11.4 Å². The molecule has 0 atom stereocenters. The summed E-state index contributed by atoms with van der Waals surface area (Å²) in [5.41, 5.74) is 1.70. The fraction of sp³-hybridized carbons (Fsp3) is 0.158. The minimum absolute atomic E-state index is 0.113. The molecule has 0 aliphatic heterocycles. The van der Waals surface area contributed by atoms with Crippen molar-refractivity contribution >= 4 is 21.8 Å². The smallest absolute Gasteiger partial charge is 0.255 e. The summed E-state index contributed by atoms with van der Waals surface area (Å²) in [5.74, 6) is -0.338. The first-order valence-corrected chi connectivity index (χ1v) is 8.93. The number of amides is 1. The Morgan fingerprint density at radius 1 is 1.33 bits per heavy atom. The number of aromatic nitrogens is 3. The first kappa shape index (κ1) is 18.9. The molecule has 0 saturated heterocycles. The molecule has 6 nitrogen and oxygen atoms in total. The average Bonchev–Trinajstić information content (AvgIpc) is 2.63. The molecule has 1 amide bonds. The molecule has 1 aromatic carbocycles. The van der Waals surface area contributed by atoms with Gasteiger partial charge in [0, 0.05) is 40.2 Å². The van der Waals surface area contributed by atoms with E-state index in [2.05, 4.69) is 36.2 Å². The van der Waals surface area contributed by atoms with Crippen LogP contribution >= 0.6 is 15.9 Å². The second-order valence-electron chi connectivity index (χ2n) is 5.95. The predicted molar refractivity (Wildman–Crippen MR) is 102 cm³/mol. The van der Waals surface area contributed by atoms with Crippen molar-refractivity contribution in [3.63, 3.8) is 0 Å². The first-order chi connectivity index (χ1) is 12.9. The van der Waals surface area contributed by atoms with Crippen molar-refractivity contribution in [3.05, 3.63) is 80.2 Å². The number of hydrogen-bond donors (Lipinski definition) is 2. The Balaban J connectivity index is 1.71. The third kappa shape index (κ3) is 4.85. The van der Waals surface area contributed by atoms with Gasteiger partial charge in [-0.2, -0.15) is 0 Å². The lowest BCUT2D eigenvalue weighted by Gasteiger charge is -2.09. The van der Waals surface area contributed by atoms with Crippen molar-refractivity contribution in [1.29, 1.82) is 0 Å². The molecule has 2 N–H and O–H groups in total. The van der Waals surface area contributed by atoms with Gasteiger partial charge in [-0.05, 0) is 42.8 Å². The van der Waals surface area contributed by atoms with Crippen molar-refractivity contribution in [2.24, 2.45) is 0 Å². The monoisotopic (exact) mass is 430 g/mol. The summed E-state index contributed by atoms with van der Waals surface area (Å²) >= 11 is 3.21. The van der Waals surface area contributed by atoms with Gasteiger partial charge < -0.3 is 10.3 Å². The average molecular weight is 431 g/mol. The van der Waals surface area contributed by atoms with Crippen LogP contribution in [0, 0.1) is 12.7 Å². The highest BCUT2D eigenvalue weighted by atomic mass is 79.9. The van der Waals surface area contributed by atoms with Gasteiger partial charge in [0.2, 0.25) is 5.91 Å². The number of halogens is 2. The highest BCUT2D eigenvalue weighted by Gasteiger charge is 2.13. The van der Waals surface area contributed by atoms with E-state index in [1.54, 1.807) is 37.5 Å². The van der Waals surface area contributed by atoms with E-state index >= 15 is 0 Å². The van der Waals surface area contributed by atoms with Crippen molar-refractivity contribution in [3.8, 4) is 11.4 Å². The van der Waals surface area contributed by atoms with Crippen LogP contribution in [-0.4, -0.2) is 20.9 Å². The molecule has 138 valence electrons. The molecule has 3 rings (SSSR count). The second kappa shape index (κ2) is 8.22. The van der Waals surface area contributed by atoms with E-state index in [1.807, 2.05) is 0 Å². The summed E-state index contributed by atoms with van der Waals surface area (Å²) in [6.45, 7) is 1.84. The van der Waals surface area contributed by atoms with Crippen molar-refractivity contribution in [2.75, 3.05) is 0 Å². The van der Waals surface area contributed by atoms with E-state index in [1.165, 1.54) is 12.1 Å². The maximum atomic E-state index is 13.4. The number of nitrogens with one attached hydrogen (secondary N) is 2. The van der Waals surface area contributed by atoms with Crippen LogP contribution in [0.5, 0.6) is 0 Å². The topological polar surface area (TPSA) is 87.7 Å².